The number of aryl methyl sites for hydroxylation is 1. The van der Waals surface area contributed by atoms with Gasteiger partial charge in [0, 0.05) is 29.8 Å². The molecule has 0 aliphatic heterocycles. The molecular weight excluding hydrogens is 402 g/mol. The first-order valence-corrected chi connectivity index (χ1v) is 9.49. The predicted molar refractivity (Wildman–Crippen MR) is 118 cm³/mol. The highest BCUT2D eigenvalue weighted by Gasteiger charge is 2.16. The Morgan fingerprint density at radius 2 is 1.81 bits per heavy atom. The van der Waals surface area contributed by atoms with Gasteiger partial charge in [0.05, 0.1) is 32.8 Å². The zero-order valence-electron chi connectivity index (χ0n) is 17.6. The lowest BCUT2D eigenvalue weighted by atomic mass is 10.0. The molecule has 0 aliphatic rings. The molecule has 10 nitrogen and oxygen atoms in total. The fourth-order valence-electron chi connectivity index (χ4n) is 3.24. The van der Waals surface area contributed by atoms with E-state index in [1.54, 1.807) is 12.1 Å². The summed E-state index contributed by atoms with van der Waals surface area (Å²) in [6.07, 6.45) is -0.133. The third kappa shape index (κ3) is 4.80. The number of carboxylic acid groups (broad SMARTS) is 1. The van der Waals surface area contributed by atoms with Crippen molar-refractivity contribution in [3.05, 3.63) is 35.4 Å². The number of hydrogen-bond donors (Lipinski definition) is 4. The molecule has 1 aromatic heterocycles. The molecule has 0 saturated heterocycles. The van der Waals surface area contributed by atoms with Crippen molar-refractivity contribution >= 4 is 34.3 Å². The Bertz CT molecular complexity index is 1090. The van der Waals surface area contributed by atoms with Crippen molar-refractivity contribution in [2.45, 2.75) is 19.9 Å². The van der Waals surface area contributed by atoms with Gasteiger partial charge in [0.2, 0.25) is 11.7 Å². The number of benzene rings is 2. The summed E-state index contributed by atoms with van der Waals surface area (Å²) in [7, 11) is 3.01. The summed E-state index contributed by atoms with van der Waals surface area (Å²) in [6.45, 7) is 2.45. The number of fused-ring (bicyclic) bond motifs is 1. The van der Waals surface area contributed by atoms with Crippen molar-refractivity contribution in [2.75, 3.05) is 37.6 Å². The maximum Gasteiger partial charge on any atom is 0.306 e. The van der Waals surface area contributed by atoms with Crippen LogP contribution < -0.4 is 31.0 Å². The molecule has 2 aromatic carbocycles. The van der Waals surface area contributed by atoms with Gasteiger partial charge < -0.3 is 36.1 Å². The van der Waals surface area contributed by atoms with Gasteiger partial charge >= 0.3 is 5.97 Å². The lowest BCUT2D eigenvalue weighted by Crippen LogP contribution is -2.08. The van der Waals surface area contributed by atoms with Crippen LogP contribution in [0, 0.1) is 6.92 Å². The predicted octanol–water partition coefficient (Wildman–Crippen LogP) is 2.59. The molecule has 0 spiro atoms. The second-order valence-electron chi connectivity index (χ2n) is 6.77. The van der Waals surface area contributed by atoms with E-state index in [9.17, 15) is 4.79 Å². The fourth-order valence-corrected chi connectivity index (χ4v) is 3.24. The van der Waals surface area contributed by atoms with E-state index in [2.05, 4.69) is 15.3 Å². The van der Waals surface area contributed by atoms with Crippen LogP contribution in [0.5, 0.6) is 17.2 Å². The number of carbonyl (C=O) groups is 1. The molecule has 0 unspecified atom stereocenters. The van der Waals surface area contributed by atoms with Crippen LogP contribution in [0.15, 0.2) is 24.3 Å². The minimum Gasteiger partial charge on any atom is -0.493 e. The molecule has 6 N–H and O–H groups in total. The van der Waals surface area contributed by atoms with E-state index < -0.39 is 5.97 Å². The maximum atomic E-state index is 10.7. The fraction of sp³-hybridized carbons (Fsp3) is 0.286. The van der Waals surface area contributed by atoms with Gasteiger partial charge in [0.25, 0.3) is 0 Å². The van der Waals surface area contributed by atoms with Crippen LogP contribution in [0.1, 0.15) is 17.5 Å². The molecule has 3 aromatic rings. The quantitative estimate of drug-likeness (QED) is 0.400. The number of nitrogen functional groups attached to an aromatic ring is 2. The number of rotatable bonds is 9. The van der Waals surface area contributed by atoms with Crippen LogP contribution in [0.4, 0.5) is 17.5 Å². The Kier molecular flexibility index (Phi) is 6.49. The van der Waals surface area contributed by atoms with Crippen molar-refractivity contribution in [1.82, 2.24) is 9.97 Å². The van der Waals surface area contributed by atoms with Gasteiger partial charge in [-0.15, -0.1) is 0 Å². The summed E-state index contributed by atoms with van der Waals surface area (Å²) in [5.74, 6) is 0.733. The molecule has 0 atom stereocenters. The van der Waals surface area contributed by atoms with Crippen LogP contribution >= 0.6 is 0 Å². The molecule has 164 valence electrons. The normalized spacial score (nSPS) is 10.7. The van der Waals surface area contributed by atoms with Gasteiger partial charge in [-0.1, -0.05) is 6.07 Å². The van der Waals surface area contributed by atoms with E-state index in [0.29, 0.717) is 35.1 Å². The van der Waals surface area contributed by atoms with E-state index in [0.717, 1.165) is 22.2 Å². The first-order valence-electron chi connectivity index (χ1n) is 9.49. The summed E-state index contributed by atoms with van der Waals surface area (Å²) in [6, 6.07) is 7.32. The second kappa shape index (κ2) is 9.24. The third-order valence-electron chi connectivity index (χ3n) is 4.79. The monoisotopic (exact) mass is 427 g/mol. The van der Waals surface area contributed by atoms with Crippen molar-refractivity contribution in [3.63, 3.8) is 0 Å². The Morgan fingerprint density at radius 3 is 2.42 bits per heavy atom. The molecule has 0 amide bonds. The average molecular weight is 427 g/mol. The molecule has 3 rings (SSSR count). The number of aromatic nitrogens is 2. The first kappa shape index (κ1) is 21.8. The zero-order chi connectivity index (χ0) is 22.5. The minimum atomic E-state index is -0.948. The van der Waals surface area contributed by atoms with Gasteiger partial charge in [-0.25, -0.2) is 4.98 Å². The van der Waals surface area contributed by atoms with Gasteiger partial charge in [0.1, 0.15) is 5.82 Å². The molecule has 31 heavy (non-hydrogen) atoms. The second-order valence-corrected chi connectivity index (χ2v) is 6.77. The van der Waals surface area contributed by atoms with Crippen LogP contribution in [-0.2, 0) is 11.3 Å². The van der Waals surface area contributed by atoms with Crippen LogP contribution in [-0.4, -0.2) is 41.9 Å². The number of aliphatic carboxylic acids is 1. The highest BCUT2D eigenvalue weighted by molar-refractivity contribution is 5.92. The van der Waals surface area contributed by atoms with Crippen molar-refractivity contribution in [2.24, 2.45) is 0 Å². The Morgan fingerprint density at radius 1 is 1.13 bits per heavy atom. The molecule has 0 aliphatic carbocycles. The summed E-state index contributed by atoms with van der Waals surface area (Å²) in [5, 5.41) is 12.9. The Hall–Kier alpha value is -3.95. The van der Waals surface area contributed by atoms with Crippen molar-refractivity contribution in [3.8, 4) is 17.2 Å². The lowest BCUT2D eigenvalue weighted by Gasteiger charge is -2.17. The topological polar surface area (TPSA) is 155 Å². The number of hydrogen-bond acceptors (Lipinski definition) is 9. The molecule has 0 bridgehead atoms. The number of nitrogens with zero attached hydrogens (tertiary/aromatic N) is 2. The third-order valence-corrected chi connectivity index (χ3v) is 4.79. The maximum absolute atomic E-state index is 10.7. The van der Waals surface area contributed by atoms with E-state index in [4.69, 9.17) is 30.8 Å². The smallest absolute Gasteiger partial charge is 0.306 e. The van der Waals surface area contributed by atoms with Gasteiger partial charge in [-0.2, -0.15) is 4.98 Å². The number of ether oxygens (including phenoxy) is 3. The number of methoxy groups -OCH3 is 2. The summed E-state index contributed by atoms with van der Waals surface area (Å²) < 4.78 is 16.4. The van der Waals surface area contributed by atoms with E-state index >= 15 is 0 Å². The minimum absolute atomic E-state index is 0.000873. The summed E-state index contributed by atoms with van der Waals surface area (Å²) in [4.78, 5) is 19.0. The molecule has 1 heterocycles. The molecular formula is C21H25N5O5. The summed E-state index contributed by atoms with van der Waals surface area (Å²) in [5.41, 5.74) is 15.1. The largest absolute Gasteiger partial charge is 0.493 e. The van der Waals surface area contributed by atoms with Crippen LogP contribution in [0.2, 0.25) is 0 Å². The lowest BCUT2D eigenvalue weighted by molar-refractivity contribution is -0.137. The molecule has 0 fully saturated rings. The average Bonchev–Trinajstić information content (AvgIpc) is 2.72. The van der Waals surface area contributed by atoms with Gasteiger partial charge in [-0.3, -0.25) is 4.79 Å². The highest BCUT2D eigenvalue weighted by atomic mass is 16.5. The number of anilines is 3. The van der Waals surface area contributed by atoms with Crippen LogP contribution in [0.3, 0.4) is 0 Å². The van der Waals surface area contributed by atoms with E-state index in [-0.39, 0.29) is 19.0 Å². The highest BCUT2D eigenvalue weighted by Crippen LogP contribution is 2.40. The Labute approximate surface area is 179 Å². The first-order chi connectivity index (χ1) is 14.8. The van der Waals surface area contributed by atoms with Crippen molar-refractivity contribution in [1.29, 1.82) is 0 Å². The molecule has 0 saturated carbocycles. The number of nitrogens with one attached hydrogen (secondary N) is 1. The van der Waals surface area contributed by atoms with E-state index in [1.807, 2.05) is 19.1 Å². The van der Waals surface area contributed by atoms with Gasteiger partial charge in [0.15, 0.2) is 11.5 Å². The Balaban J connectivity index is 1.84. The zero-order valence-corrected chi connectivity index (χ0v) is 17.6. The number of carboxylic acids is 1. The van der Waals surface area contributed by atoms with Crippen molar-refractivity contribution < 1.29 is 24.1 Å². The standard InChI is InChI=1S/C21H25N5O5/c1-11-12(4-5-14-18(11)20(22)26-21(23)25-14)10-24-13-8-15(29-2)19(16(9-13)30-3)31-7-6-17(27)28/h4-5,8-9,24H,6-7,10H2,1-3H3,(H,27,28)(H4,22,23,25,26). The molecule has 0 radical (unpaired) electrons. The number of nitrogens with two attached hydrogens (primary N) is 2. The SMILES string of the molecule is COc1cc(NCc2ccc3nc(N)nc(N)c3c2C)cc(OC)c1OCCC(=O)O. The van der Waals surface area contributed by atoms with Gasteiger partial charge in [-0.05, 0) is 24.1 Å². The summed E-state index contributed by atoms with van der Waals surface area (Å²) >= 11 is 0. The van der Waals surface area contributed by atoms with Crippen LogP contribution in [0.25, 0.3) is 10.9 Å². The molecule has 10 heteroatoms. The van der Waals surface area contributed by atoms with E-state index in [1.165, 1.54) is 14.2 Å².